The highest BCUT2D eigenvalue weighted by molar-refractivity contribution is 5.41. The van der Waals surface area contributed by atoms with E-state index in [0.29, 0.717) is 11.8 Å². The molecule has 16 heavy (non-hydrogen) atoms. The minimum Gasteiger partial charge on any atom is -0.390 e. The van der Waals surface area contributed by atoms with Crippen molar-refractivity contribution in [3.8, 4) is 0 Å². The van der Waals surface area contributed by atoms with Crippen LogP contribution in [-0.4, -0.2) is 10.7 Å². The Hall–Kier alpha value is -0.820. The summed E-state index contributed by atoms with van der Waals surface area (Å²) in [6.07, 6.45) is 5.44. The molecular formula is C15H20O. The van der Waals surface area contributed by atoms with Crippen molar-refractivity contribution in [2.45, 2.75) is 50.5 Å². The molecule has 1 aromatic carbocycles. The zero-order chi connectivity index (χ0) is 11.2. The maximum absolute atomic E-state index is 10.6. The van der Waals surface area contributed by atoms with Gasteiger partial charge in [-0.25, -0.2) is 0 Å². The van der Waals surface area contributed by atoms with Crippen LogP contribution in [0.15, 0.2) is 24.3 Å². The predicted octanol–water partition coefficient (Wildman–Crippen LogP) is 3.27. The van der Waals surface area contributed by atoms with Gasteiger partial charge in [-0.15, -0.1) is 0 Å². The minimum atomic E-state index is -0.348. The van der Waals surface area contributed by atoms with Crippen molar-refractivity contribution < 1.29 is 5.11 Å². The van der Waals surface area contributed by atoms with E-state index in [4.69, 9.17) is 0 Å². The molecule has 0 heterocycles. The van der Waals surface area contributed by atoms with Crippen LogP contribution in [0.1, 0.15) is 49.7 Å². The molecule has 0 aliphatic heterocycles. The Kier molecular flexibility index (Phi) is 2.32. The van der Waals surface area contributed by atoms with Crippen molar-refractivity contribution in [2.75, 3.05) is 0 Å². The van der Waals surface area contributed by atoms with Gasteiger partial charge in [-0.05, 0) is 42.2 Å². The Morgan fingerprint density at radius 1 is 1.38 bits per heavy atom. The largest absolute Gasteiger partial charge is 0.390 e. The molecule has 2 aliphatic rings. The molecule has 0 unspecified atom stereocenters. The SMILES string of the molecule is CCCC[C@@]1(O)C[C@@H]2c3ccccc3C[C@@H]21. The highest BCUT2D eigenvalue weighted by atomic mass is 16.3. The molecule has 3 atom stereocenters. The van der Waals surface area contributed by atoms with Gasteiger partial charge in [0.15, 0.2) is 0 Å². The van der Waals surface area contributed by atoms with E-state index in [1.54, 1.807) is 0 Å². The summed E-state index contributed by atoms with van der Waals surface area (Å²) in [6.45, 7) is 2.20. The molecule has 1 N–H and O–H groups in total. The first-order valence-electron chi connectivity index (χ1n) is 6.55. The van der Waals surface area contributed by atoms with Crippen LogP contribution < -0.4 is 0 Å². The van der Waals surface area contributed by atoms with E-state index >= 15 is 0 Å². The number of rotatable bonds is 3. The lowest BCUT2D eigenvalue weighted by Crippen LogP contribution is -2.51. The lowest BCUT2D eigenvalue weighted by atomic mass is 9.60. The van der Waals surface area contributed by atoms with Crippen molar-refractivity contribution in [3.05, 3.63) is 35.4 Å². The zero-order valence-corrected chi connectivity index (χ0v) is 9.95. The highest BCUT2D eigenvalue weighted by Crippen LogP contribution is 2.58. The first kappa shape index (κ1) is 10.3. The van der Waals surface area contributed by atoms with Crippen LogP contribution >= 0.6 is 0 Å². The molecule has 0 radical (unpaired) electrons. The molecule has 0 amide bonds. The van der Waals surface area contributed by atoms with E-state index < -0.39 is 0 Å². The number of hydrogen-bond acceptors (Lipinski definition) is 1. The number of benzene rings is 1. The van der Waals surface area contributed by atoms with Crippen LogP contribution in [0, 0.1) is 5.92 Å². The van der Waals surface area contributed by atoms with Gasteiger partial charge in [0.05, 0.1) is 5.60 Å². The number of aliphatic hydroxyl groups is 1. The normalized spacial score (nSPS) is 35.4. The molecular weight excluding hydrogens is 196 g/mol. The molecule has 2 aliphatic carbocycles. The number of unbranched alkanes of at least 4 members (excludes halogenated alkanes) is 1. The molecule has 0 aromatic heterocycles. The fourth-order valence-electron chi connectivity index (χ4n) is 3.64. The fourth-order valence-corrected chi connectivity index (χ4v) is 3.64. The molecule has 1 aromatic rings. The second-order valence-corrected chi connectivity index (χ2v) is 5.53. The minimum absolute atomic E-state index is 0.348. The molecule has 3 rings (SSSR count). The van der Waals surface area contributed by atoms with Crippen molar-refractivity contribution in [3.63, 3.8) is 0 Å². The van der Waals surface area contributed by atoms with E-state index in [1.165, 1.54) is 17.5 Å². The van der Waals surface area contributed by atoms with Gasteiger partial charge < -0.3 is 5.11 Å². The first-order valence-corrected chi connectivity index (χ1v) is 6.55. The van der Waals surface area contributed by atoms with Gasteiger partial charge in [0.25, 0.3) is 0 Å². The van der Waals surface area contributed by atoms with E-state index in [1.807, 2.05) is 0 Å². The average Bonchev–Trinajstić information content (AvgIpc) is 2.61. The molecule has 86 valence electrons. The fraction of sp³-hybridized carbons (Fsp3) is 0.600. The third-order valence-electron chi connectivity index (χ3n) is 4.61. The third kappa shape index (κ3) is 1.34. The van der Waals surface area contributed by atoms with Crippen LogP contribution in [-0.2, 0) is 6.42 Å². The monoisotopic (exact) mass is 216 g/mol. The molecule has 1 saturated carbocycles. The zero-order valence-electron chi connectivity index (χ0n) is 9.95. The topological polar surface area (TPSA) is 20.2 Å². The Balaban J connectivity index is 1.78. The van der Waals surface area contributed by atoms with Crippen LogP contribution in [0.4, 0.5) is 0 Å². The highest BCUT2D eigenvalue weighted by Gasteiger charge is 2.55. The standard InChI is InChI=1S/C15H20O/c1-2-3-8-15(16)10-13-12-7-5-4-6-11(12)9-14(13)15/h4-7,13-14,16H,2-3,8-10H2,1H3/t13-,14+,15-/m1/s1. The second kappa shape index (κ2) is 3.59. The van der Waals surface area contributed by atoms with Gasteiger partial charge in [0, 0.05) is 0 Å². The van der Waals surface area contributed by atoms with Crippen LogP contribution in [0.25, 0.3) is 0 Å². The van der Waals surface area contributed by atoms with Crippen molar-refractivity contribution in [2.24, 2.45) is 5.92 Å². The average molecular weight is 216 g/mol. The van der Waals surface area contributed by atoms with Gasteiger partial charge in [-0.1, -0.05) is 44.0 Å². The molecule has 0 spiro atoms. The maximum atomic E-state index is 10.6. The summed E-state index contributed by atoms with van der Waals surface area (Å²) in [7, 11) is 0. The molecule has 1 heteroatoms. The van der Waals surface area contributed by atoms with Gasteiger partial charge >= 0.3 is 0 Å². The van der Waals surface area contributed by atoms with Gasteiger partial charge in [0.2, 0.25) is 0 Å². The quantitative estimate of drug-likeness (QED) is 0.822. The molecule has 0 bridgehead atoms. The van der Waals surface area contributed by atoms with E-state index in [-0.39, 0.29) is 5.60 Å². The van der Waals surface area contributed by atoms with Gasteiger partial charge in [-0.3, -0.25) is 0 Å². The number of fused-ring (bicyclic) bond motifs is 3. The van der Waals surface area contributed by atoms with E-state index in [9.17, 15) is 5.11 Å². The van der Waals surface area contributed by atoms with Crippen molar-refractivity contribution in [1.29, 1.82) is 0 Å². The molecule has 1 fully saturated rings. The summed E-state index contributed by atoms with van der Waals surface area (Å²) in [5, 5.41) is 10.6. The van der Waals surface area contributed by atoms with Crippen LogP contribution in [0.2, 0.25) is 0 Å². The van der Waals surface area contributed by atoms with E-state index in [0.717, 1.165) is 25.7 Å². The summed E-state index contributed by atoms with van der Waals surface area (Å²) in [4.78, 5) is 0. The smallest absolute Gasteiger partial charge is 0.0690 e. The molecule has 0 saturated heterocycles. The van der Waals surface area contributed by atoms with Crippen molar-refractivity contribution >= 4 is 0 Å². The second-order valence-electron chi connectivity index (χ2n) is 5.53. The maximum Gasteiger partial charge on any atom is 0.0690 e. The Bertz CT molecular complexity index is 398. The number of hydrogen-bond donors (Lipinski definition) is 1. The first-order chi connectivity index (χ1) is 7.74. The summed E-state index contributed by atoms with van der Waals surface area (Å²) in [6, 6.07) is 8.73. The lowest BCUT2D eigenvalue weighted by molar-refractivity contribution is -0.111. The van der Waals surface area contributed by atoms with Crippen LogP contribution in [0.5, 0.6) is 0 Å². The Morgan fingerprint density at radius 2 is 2.19 bits per heavy atom. The molecule has 1 nitrogen and oxygen atoms in total. The van der Waals surface area contributed by atoms with Gasteiger partial charge in [-0.2, -0.15) is 0 Å². The summed E-state index contributed by atoms with van der Waals surface area (Å²) < 4.78 is 0. The lowest BCUT2D eigenvalue weighted by Gasteiger charge is -2.49. The third-order valence-corrected chi connectivity index (χ3v) is 4.61. The van der Waals surface area contributed by atoms with Gasteiger partial charge in [0.1, 0.15) is 0 Å². The predicted molar refractivity (Wildman–Crippen MR) is 65.5 cm³/mol. The Morgan fingerprint density at radius 3 is 3.00 bits per heavy atom. The Labute approximate surface area is 97.5 Å². The summed E-state index contributed by atoms with van der Waals surface area (Å²) in [5.41, 5.74) is 2.64. The van der Waals surface area contributed by atoms with Crippen LogP contribution in [0.3, 0.4) is 0 Å². The van der Waals surface area contributed by atoms with Crippen molar-refractivity contribution in [1.82, 2.24) is 0 Å². The summed E-state index contributed by atoms with van der Waals surface area (Å²) in [5.74, 6) is 1.16. The summed E-state index contributed by atoms with van der Waals surface area (Å²) >= 11 is 0. The van der Waals surface area contributed by atoms with E-state index in [2.05, 4.69) is 31.2 Å².